The number of rotatable bonds is 2. The predicted molar refractivity (Wildman–Crippen MR) is 71.4 cm³/mol. The number of nitrogens with one attached hydrogen (secondary N) is 1. The zero-order valence-electron chi connectivity index (χ0n) is 10.0. The molecule has 0 fully saturated rings. The molecule has 1 unspecified atom stereocenters. The van der Waals surface area contributed by atoms with Gasteiger partial charge in [-0.05, 0) is 17.7 Å². The maximum atomic E-state index is 11.5. The van der Waals surface area contributed by atoms with Gasteiger partial charge in [-0.2, -0.15) is 9.61 Å². The van der Waals surface area contributed by atoms with Gasteiger partial charge in [0.05, 0.1) is 12.5 Å². The number of fused-ring (bicyclic) bond motifs is 1. The van der Waals surface area contributed by atoms with Gasteiger partial charge in [-0.15, -0.1) is 0 Å². The number of H-pyrrole nitrogens is 1. The average Bonchev–Trinajstić information content (AvgIpc) is 2.84. The molecule has 3 aromatic rings. The highest BCUT2D eigenvalue weighted by Crippen LogP contribution is 2.23. The molecule has 0 aliphatic rings. The van der Waals surface area contributed by atoms with Crippen LogP contribution in [0.2, 0.25) is 0 Å². The van der Waals surface area contributed by atoms with Gasteiger partial charge in [0, 0.05) is 27.5 Å². The van der Waals surface area contributed by atoms with E-state index < -0.39 is 10.8 Å². The highest BCUT2D eigenvalue weighted by Gasteiger charge is 2.09. The van der Waals surface area contributed by atoms with E-state index in [1.165, 1.54) is 10.8 Å². The molecule has 1 N–H and O–H groups in total. The Kier molecular flexibility index (Phi) is 2.75. The molecule has 0 saturated heterocycles. The van der Waals surface area contributed by atoms with Crippen LogP contribution in [0.1, 0.15) is 0 Å². The van der Waals surface area contributed by atoms with E-state index in [-0.39, 0.29) is 5.69 Å². The van der Waals surface area contributed by atoms with E-state index in [0.29, 0.717) is 5.65 Å². The molecule has 0 bridgehead atoms. The lowest BCUT2D eigenvalue weighted by atomic mass is 10.1. The average molecular weight is 274 g/mol. The van der Waals surface area contributed by atoms with Gasteiger partial charge in [-0.25, -0.2) is 9.78 Å². The molecule has 0 radical (unpaired) electrons. The minimum absolute atomic E-state index is 0.331. The molecule has 0 aliphatic carbocycles. The van der Waals surface area contributed by atoms with E-state index in [9.17, 15) is 9.00 Å². The summed E-state index contributed by atoms with van der Waals surface area (Å²) in [5.41, 5.74) is 1.80. The number of aromatic amines is 1. The van der Waals surface area contributed by atoms with Crippen molar-refractivity contribution >= 4 is 16.4 Å². The van der Waals surface area contributed by atoms with Crippen LogP contribution in [0.5, 0.6) is 0 Å². The molecule has 0 aliphatic heterocycles. The smallest absolute Gasteiger partial charge is 0.296 e. The van der Waals surface area contributed by atoms with Crippen LogP contribution in [0.3, 0.4) is 0 Å². The van der Waals surface area contributed by atoms with Crippen molar-refractivity contribution in [1.29, 1.82) is 0 Å². The van der Waals surface area contributed by atoms with Crippen molar-refractivity contribution < 1.29 is 4.21 Å². The van der Waals surface area contributed by atoms with Gasteiger partial charge in [0.1, 0.15) is 0 Å². The Balaban J connectivity index is 2.17. The van der Waals surface area contributed by atoms with E-state index in [2.05, 4.69) is 15.1 Å². The highest BCUT2D eigenvalue weighted by molar-refractivity contribution is 7.84. The third-order valence-corrected chi connectivity index (χ3v) is 3.74. The van der Waals surface area contributed by atoms with Crippen LogP contribution >= 0.6 is 0 Å². The summed E-state index contributed by atoms with van der Waals surface area (Å²) < 4.78 is 12.5. The van der Waals surface area contributed by atoms with Crippen LogP contribution in [0.25, 0.3) is 16.8 Å². The van der Waals surface area contributed by atoms with Gasteiger partial charge in [0.25, 0.3) is 0 Å². The second-order valence-corrected chi connectivity index (χ2v) is 5.36. The van der Waals surface area contributed by atoms with Gasteiger partial charge < -0.3 is 0 Å². The van der Waals surface area contributed by atoms with Crippen molar-refractivity contribution in [2.75, 3.05) is 6.26 Å². The molecule has 6 nitrogen and oxygen atoms in total. The van der Waals surface area contributed by atoms with Crippen LogP contribution in [0.4, 0.5) is 0 Å². The van der Waals surface area contributed by atoms with Crippen molar-refractivity contribution in [2.45, 2.75) is 4.90 Å². The van der Waals surface area contributed by atoms with Crippen molar-refractivity contribution in [3.63, 3.8) is 0 Å². The molecule has 2 aromatic heterocycles. The van der Waals surface area contributed by atoms with E-state index in [4.69, 9.17) is 0 Å². The Morgan fingerprint density at radius 1 is 1.26 bits per heavy atom. The third kappa shape index (κ3) is 1.97. The maximum absolute atomic E-state index is 11.5. The normalized spacial score (nSPS) is 12.7. The quantitative estimate of drug-likeness (QED) is 0.750. The van der Waals surface area contributed by atoms with Crippen LogP contribution in [0.15, 0.2) is 46.5 Å². The van der Waals surface area contributed by atoms with Gasteiger partial charge >= 0.3 is 5.69 Å². The molecule has 19 heavy (non-hydrogen) atoms. The van der Waals surface area contributed by atoms with Crippen molar-refractivity contribution in [1.82, 2.24) is 19.6 Å². The second-order valence-electron chi connectivity index (χ2n) is 3.98. The Hall–Kier alpha value is -2.28. The fourth-order valence-electron chi connectivity index (χ4n) is 1.85. The summed E-state index contributed by atoms with van der Waals surface area (Å²) in [4.78, 5) is 18.9. The van der Waals surface area contributed by atoms with Crippen molar-refractivity contribution in [3.05, 3.63) is 47.3 Å². The van der Waals surface area contributed by atoms with Gasteiger partial charge in [0.2, 0.25) is 0 Å². The molecule has 96 valence electrons. The topological polar surface area (TPSA) is 80.1 Å². The van der Waals surface area contributed by atoms with Crippen LogP contribution in [-0.4, -0.2) is 30.0 Å². The lowest BCUT2D eigenvalue weighted by Crippen LogP contribution is -2.17. The molecule has 0 saturated carbocycles. The largest absolute Gasteiger partial charge is 0.349 e. The zero-order valence-corrected chi connectivity index (χ0v) is 10.8. The van der Waals surface area contributed by atoms with Crippen LogP contribution < -0.4 is 5.69 Å². The summed E-state index contributed by atoms with van der Waals surface area (Å²) in [7, 11) is -1.01. The summed E-state index contributed by atoms with van der Waals surface area (Å²) in [6.45, 7) is 0. The van der Waals surface area contributed by atoms with E-state index in [1.807, 2.05) is 12.1 Å². The molecular weight excluding hydrogens is 264 g/mol. The van der Waals surface area contributed by atoms with Crippen molar-refractivity contribution in [3.8, 4) is 11.1 Å². The predicted octanol–water partition coefficient (Wildman–Crippen LogP) is 0.822. The molecule has 0 amide bonds. The standard InChI is InChI=1S/C12H10N4O2S/c1-19(18)9-4-2-8(3-5-9)10-6-15-16-11(10)13-7-14-12(16)17/h2-7H,1H3,(H,13,14,17). The lowest BCUT2D eigenvalue weighted by Gasteiger charge is -2.00. The fraction of sp³-hybridized carbons (Fsp3) is 0.0833. The first-order chi connectivity index (χ1) is 9.16. The monoisotopic (exact) mass is 274 g/mol. The molecule has 0 spiro atoms. The maximum Gasteiger partial charge on any atom is 0.349 e. The number of nitrogens with zero attached hydrogens (tertiary/aromatic N) is 3. The number of aromatic nitrogens is 4. The lowest BCUT2D eigenvalue weighted by molar-refractivity contribution is 0.687. The minimum Gasteiger partial charge on any atom is -0.296 e. The first kappa shape index (κ1) is 11.8. The van der Waals surface area contributed by atoms with Gasteiger partial charge in [-0.1, -0.05) is 12.1 Å². The third-order valence-electron chi connectivity index (χ3n) is 2.81. The number of hydrogen-bond donors (Lipinski definition) is 1. The summed E-state index contributed by atoms with van der Waals surface area (Å²) in [6.07, 6.45) is 4.57. The Bertz CT molecular complexity index is 820. The van der Waals surface area contributed by atoms with E-state index in [0.717, 1.165) is 16.0 Å². The molecule has 1 atom stereocenters. The molecule has 1 aromatic carbocycles. The Labute approximate surface area is 110 Å². The first-order valence-corrected chi connectivity index (χ1v) is 7.08. The molecular formula is C12H10N4O2S. The van der Waals surface area contributed by atoms with Crippen molar-refractivity contribution in [2.24, 2.45) is 0 Å². The van der Waals surface area contributed by atoms with Crippen LogP contribution in [-0.2, 0) is 10.8 Å². The second kappa shape index (κ2) is 4.43. The van der Waals surface area contributed by atoms with E-state index >= 15 is 0 Å². The zero-order chi connectivity index (χ0) is 13.4. The first-order valence-electron chi connectivity index (χ1n) is 5.52. The van der Waals surface area contributed by atoms with E-state index in [1.54, 1.807) is 24.6 Å². The molecule has 2 heterocycles. The Morgan fingerprint density at radius 2 is 2.00 bits per heavy atom. The SMILES string of the molecule is CS(=O)c1ccc(-c2cnn3c(=O)[nH]cnc23)cc1. The Morgan fingerprint density at radius 3 is 2.68 bits per heavy atom. The summed E-state index contributed by atoms with van der Waals surface area (Å²) in [6, 6.07) is 7.28. The number of benzene rings is 1. The fourth-order valence-corrected chi connectivity index (χ4v) is 2.37. The van der Waals surface area contributed by atoms with Gasteiger partial charge in [0.15, 0.2) is 5.65 Å². The number of hydrogen-bond acceptors (Lipinski definition) is 4. The molecule has 7 heteroatoms. The minimum atomic E-state index is -1.01. The molecule has 3 rings (SSSR count). The summed E-state index contributed by atoms with van der Waals surface area (Å²) in [5.74, 6) is 0. The summed E-state index contributed by atoms with van der Waals surface area (Å²) >= 11 is 0. The van der Waals surface area contributed by atoms with Gasteiger partial charge in [-0.3, -0.25) is 9.19 Å². The highest BCUT2D eigenvalue weighted by atomic mass is 32.2. The van der Waals surface area contributed by atoms with Crippen LogP contribution in [0, 0.1) is 0 Å². The summed E-state index contributed by atoms with van der Waals surface area (Å²) in [5, 5.41) is 4.00.